The van der Waals surface area contributed by atoms with Crippen molar-refractivity contribution in [3.05, 3.63) is 52.0 Å². The summed E-state index contributed by atoms with van der Waals surface area (Å²) in [5, 5.41) is 3.42. The molecule has 25 heavy (non-hydrogen) atoms. The smallest absolute Gasteiger partial charge is 0.436 e. The molecular weight excluding hydrogens is 410 g/mol. The average Bonchev–Trinajstić information content (AvgIpc) is 2.91. The van der Waals surface area contributed by atoms with Gasteiger partial charge < -0.3 is 4.74 Å². The summed E-state index contributed by atoms with van der Waals surface area (Å²) in [7, 11) is 1.09. The zero-order valence-electron chi connectivity index (χ0n) is 12.4. The Morgan fingerprint density at radius 1 is 1.24 bits per heavy atom. The Hall–Kier alpha value is -2.49. The molecule has 0 aliphatic rings. The highest BCUT2D eigenvalue weighted by Crippen LogP contribution is 2.36. The third kappa shape index (κ3) is 3.09. The van der Waals surface area contributed by atoms with Crippen LogP contribution in [0.4, 0.5) is 17.6 Å². The molecule has 0 spiro atoms. The second kappa shape index (κ2) is 6.10. The second-order valence-corrected chi connectivity index (χ2v) is 5.71. The molecule has 0 radical (unpaired) electrons. The van der Waals surface area contributed by atoms with Gasteiger partial charge >= 0.3 is 12.1 Å². The molecule has 0 atom stereocenters. The quantitative estimate of drug-likeness (QED) is 0.465. The van der Waals surface area contributed by atoms with Gasteiger partial charge in [0.25, 0.3) is 0 Å². The van der Waals surface area contributed by atoms with E-state index < -0.39 is 28.1 Å². The minimum absolute atomic E-state index is 0.169. The van der Waals surface area contributed by atoms with E-state index in [-0.39, 0.29) is 17.0 Å². The molecule has 5 nitrogen and oxygen atoms in total. The van der Waals surface area contributed by atoms with Gasteiger partial charge in [0, 0.05) is 5.56 Å². The van der Waals surface area contributed by atoms with Crippen molar-refractivity contribution < 1.29 is 27.1 Å². The summed E-state index contributed by atoms with van der Waals surface area (Å²) in [6.07, 6.45) is -4.74. The van der Waals surface area contributed by atoms with Gasteiger partial charge in [-0.25, -0.2) is 18.7 Å². The standard InChI is InChI=1S/C15H8BrF4N3O2/c1-25-14(24)10-6-9(7-2-4-8(17)5-3-7)21-13-11(16)12(15(18,19)20)22-23(10)13/h2-6H,1H3. The number of hydrogen-bond donors (Lipinski definition) is 0. The van der Waals surface area contributed by atoms with E-state index in [2.05, 4.69) is 30.7 Å². The highest BCUT2D eigenvalue weighted by molar-refractivity contribution is 9.10. The maximum atomic E-state index is 13.1. The number of methoxy groups -OCH3 is 1. The Morgan fingerprint density at radius 3 is 2.44 bits per heavy atom. The van der Waals surface area contributed by atoms with Gasteiger partial charge in [-0.1, -0.05) is 0 Å². The zero-order valence-corrected chi connectivity index (χ0v) is 14.0. The largest absolute Gasteiger partial charge is 0.464 e. The number of rotatable bonds is 2. The van der Waals surface area contributed by atoms with E-state index in [1.165, 1.54) is 30.3 Å². The third-order valence-corrected chi connectivity index (χ3v) is 4.07. The summed E-state index contributed by atoms with van der Waals surface area (Å²) in [4.78, 5) is 16.1. The molecule has 0 aliphatic heterocycles. The molecule has 0 fully saturated rings. The SMILES string of the molecule is COC(=O)c1cc(-c2ccc(F)cc2)nc2c(Br)c(C(F)(F)F)nn12. The molecule has 0 unspecified atom stereocenters. The van der Waals surface area contributed by atoms with Crippen LogP contribution in [0, 0.1) is 5.82 Å². The first-order chi connectivity index (χ1) is 11.7. The Bertz CT molecular complexity index is 968. The summed E-state index contributed by atoms with van der Waals surface area (Å²) in [5.41, 5.74) is -1.10. The normalized spacial score (nSPS) is 11.8. The van der Waals surface area contributed by atoms with Crippen molar-refractivity contribution in [2.45, 2.75) is 6.18 Å². The van der Waals surface area contributed by atoms with Crippen molar-refractivity contribution in [1.29, 1.82) is 0 Å². The topological polar surface area (TPSA) is 56.5 Å². The first-order valence-corrected chi connectivity index (χ1v) is 7.52. The van der Waals surface area contributed by atoms with E-state index in [1.807, 2.05) is 0 Å². The summed E-state index contributed by atoms with van der Waals surface area (Å²) >= 11 is 2.83. The number of esters is 1. The maximum Gasteiger partial charge on any atom is 0.436 e. The van der Waals surface area contributed by atoms with Crippen LogP contribution >= 0.6 is 15.9 Å². The van der Waals surface area contributed by atoms with E-state index >= 15 is 0 Å². The molecular formula is C15H8BrF4N3O2. The van der Waals surface area contributed by atoms with Crippen LogP contribution < -0.4 is 0 Å². The van der Waals surface area contributed by atoms with Crippen molar-refractivity contribution >= 4 is 27.5 Å². The number of aromatic nitrogens is 3. The van der Waals surface area contributed by atoms with Crippen molar-refractivity contribution in [2.75, 3.05) is 7.11 Å². The van der Waals surface area contributed by atoms with Gasteiger partial charge in [0.2, 0.25) is 0 Å². The third-order valence-electron chi connectivity index (χ3n) is 3.34. The van der Waals surface area contributed by atoms with Gasteiger partial charge in [-0.05, 0) is 46.3 Å². The van der Waals surface area contributed by atoms with Crippen molar-refractivity contribution in [3.63, 3.8) is 0 Å². The van der Waals surface area contributed by atoms with E-state index in [1.54, 1.807) is 0 Å². The van der Waals surface area contributed by atoms with Crippen LogP contribution in [-0.2, 0) is 10.9 Å². The fraction of sp³-hybridized carbons (Fsp3) is 0.133. The van der Waals surface area contributed by atoms with Gasteiger partial charge in [0.15, 0.2) is 17.0 Å². The van der Waals surface area contributed by atoms with E-state index in [0.717, 1.165) is 11.6 Å². The average molecular weight is 418 g/mol. The first kappa shape index (κ1) is 17.3. The molecule has 1 aromatic carbocycles. The maximum absolute atomic E-state index is 13.1. The molecule has 10 heteroatoms. The van der Waals surface area contributed by atoms with Crippen LogP contribution in [0.2, 0.25) is 0 Å². The number of hydrogen-bond acceptors (Lipinski definition) is 4. The molecule has 0 aliphatic carbocycles. The Morgan fingerprint density at radius 2 is 1.88 bits per heavy atom. The van der Waals surface area contributed by atoms with Crippen molar-refractivity contribution in [1.82, 2.24) is 14.6 Å². The lowest BCUT2D eigenvalue weighted by molar-refractivity contribution is -0.141. The fourth-order valence-electron chi connectivity index (χ4n) is 2.19. The van der Waals surface area contributed by atoms with Crippen LogP contribution in [0.5, 0.6) is 0 Å². The number of fused-ring (bicyclic) bond motifs is 1. The Kier molecular flexibility index (Phi) is 4.23. The lowest BCUT2D eigenvalue weighted by Crippen LogP contribution is -2.12. The lowest BCUT2D eigenvalue weighted by atomic mass is 10.1. The van der Waals surface area contributed by atoms with Gasteiger partial charge in [-0.15, -0.1) is 0 Å². The van der Waals surface area contributed by atoms with E-state index in [9.17, 15) is 22.4 Å². The van der Waals surface area contributed by atoms with Gasteiger partial charge in [-0.3, -0.25) is 0 Å². The van der Waals surface area contributed by atoms with E-state index in [0.29, 0.717) is 5.56 Å². The molecule has 130 valence electrons. The van der Waals surface area contributed by atoms with Crippen molar-refractivity contribution in [3.8, 4) is 11.3 Å². The monoisotopic (exact) mass is 417 g/mol. The first-order valence-electron chi connectivity index (χ1n) is 6.73. The molecule has 0 saturated carbocycles. The molecule has 0 N–H and O–H groups in total. The van der Waals surface area contributed by atoms with Gasteiger partial charge in [0.05, 0.1) is 17.3 Å². The molecule has 3 aromatic rings. The Labute approximate surface area is 146 Å². The summed E-state index contributed by atoms with van der Waals surface area (Å²) in [6, 6.07) is 6.36. The minimum Gasteiger partial charge on any atom is -0.464 e. The van der Waals surface area contributed by atoms with Crippen LogP contribution in [0.3, 0.4) is 0 Å². The number of ether oxygens (including phenoxy) is 1. The number of carbonyl (C=O) groups excluding carboxylic acids is 1. The predicted molar refractivity (Wildman–Crippen MR) is 82.4 cm³/mol. The number of nitrogens with zero attached hydrogens (tertiary/aromatic N) is 3. The number of carbonyl (C=O) groups is 1. The molecule has 2 aromatic heterocycles. The summed E-state index contributed by atoms with van der Waals surface area (Å²) < 4.78 is 57.3. The van der Waals surface area contributed by atoms with Crippen molar-refractivity contribution in [2.24, 2.45) is 0 Å². The van der Waals surface area contributed by atoms with Gasteiger partial charge in [-0.2, -0.15) is 18.3 Å². The van der Waals surface area contributed by atoms with Gasteiger partial charge in [0.1, 0.15) is 5.82 Å². The lowest BCUT2D eigenvalue weighted by Gasteiger charge is -2.07. The number of benzene rings is 1. The molecule has 0 amide bonds. The Balaban J connectivity index is 2.32. The highest BCUT2D eigenvalue weighted by Gasteiger charge is 2.38. The number of alkyl halides is 3. The predicted octanol–water partition coefficient (Wildman–Crippen LogP) is 4.10. The minimum atomic E-state index is -4.74. The zero-order chi connectivity index (χ0) is 18.4. The van der Waals surface area contributed by atoms with E-state index in [4.69, 9.17) is 0 Å². The summed E-state index contributed by atoms with van der Waals surface area (Å²) in [5.74, 6) is -1.37. The van der Waals surface area contributed by atoms with Crippen LogP contribution in [0.1, 0.15) is 16.2 Å². The number of halogens is 5. The van der Waals surface area contributed by atoms with Crippen LogP contribution in [0.25, 0.3) is 16.9 Å². The summed E-state index contributed by atoms with van der Waals surface area (Å²) in [6.45, 7) is 0. The molecule has 0 saturated heterocycles. The fourth-order valence-corrected chi connectivity index (χ4v) is 2.75. The molecule has 0 bridgehead atoms. The second-order valence-electron chi connectivity index (χ2n) is 4.92. The van der Waals surface area contributed by atoms with Crippen LogP contribution in [-0.4, -0.2) is 27.7 Å². The highest BCUT2D eigenvalue weighted by atomic mass is 79.9. The van der Waals surface area contributed by atoms with Crippen LogP contribution in [0.15, 0.2) is 34.8 Å². The molecule has 2 heterocycles. The molecule has 3 rings (SSSR count).